The van der Waals surface area contributed by atoms with E-state index in [1.54, 1.807) is 6.21 Å². The van der Waals surface area contributed by atoms with Crippen molar-refractivity contribution in [3.63, 3.8) is 0 Å². The lowest BCUT2D eigenvalue weighted by molar-refractivity contribution is -0.120. The molecule has 0 radical (unpaired) electrons. The van der Waals surface area contributed by atoms with Crippen LogP contribution in [0.1, 0.15) is 11.1 Å². The van der Waals surface area contributed by atoms with Crippen molar-refractivity contribution in [3.8, 4) is 0 Å². The highest BCUT2D eigenvalue weighted by Crippen LogP contribution is 2.17. The normalized spacial score (nSPS) is 10.6. The SMILES string of the molecule is Cc1cc(I)ccc1NC(=O)CO/N=C\c1ccccc1. The zero-order valence-electron chi connectivity index (χ0n) is 11.5. The number of aryl methyl sites for hydroxylation is 1. The molecule has 108 valence electrons. The summed E-state index contributed by atoms with van der Waals surface area (Å²) in [5.41, 5.74) is 2.73. The van der Waals surface area contributed by atoms with Gasteiger partial charge in [0.05, 0.1) is 6.21 Å². The van der Waals surface area contributed by atoms with E-state index in [1.165, 1.54) is 0 Å². The number of nitrogens with zero attached hydrogens (tertiary/aromatic N) is 1. The molecule has 0 atom stereocenters. The van der Waals surface area contributed by atoms with E-state index in [1.807, 2.05) is 55.5 Å². The highest BCUT2D eigenvalue weighted by Gasteiger charge is 2.05. The van der Waals surface area contributed by atoms with Gasteiger partial charge >= 0.3 is 0 Å². The molecule has 0 aliphatic carbocycles. The topological polar surface area (TPSA) is 50.7 Å². The van der Waals surface area contributed by atoms with Crippen molar-refractivity contribution in [2.24, 2.45) is 5.16 Å². The lowest BCUT2D eigenvalue weighted by atomic mass is 10.2. The summed E-state index contributed by atoms with van der Waals surface area (Å²) in [5, 5.41) is 6.57. The second-order valence-electron chi connectivity index (χ2n) is 4.43. The number of carbonyl (C=O) groups excluding carboxylic acids is 1. The summed E-state index contributed by atoms with van der Waals surface area (Å²) in [6, 6.07) is 15.4. The van der Waals surface area contributed by atoms with Gasteiger partial charge in [0.1, 0.15) is 0 Å². The van der Waals surface area contributed by atoms with Crippen LogP contribution in [0, 0.1) is 10.5 Å². The predicted molar refractivity (Wildman–Crippen MR) is 92.5 cm³/mol. The molecule has 2 aromatic rings. The predicted octanol–water partition coefficient (Wildman–Crippen LogP) is 3.59. The van der Waals surface area contributed by atoms with E-state index < -0.39 is 0 Å². The minimum atomic E-state index is -0.232. The number of nitrogens with one attached hydrogen (secondary N) is 1. The quantitative estimate of drug-likeness (QED) is 0.479. The van der Waals surface area contributed by atoms with Crippen LogP contribution in [0.4, 0.5) is 5.69 Å². The van der Waals surface area contributed by atoms with E-state index in [-0.39, 0.29) is 12.5 Å². The second kappa shape index (κ2) is 7.78. The third-order valence-electron chi connectivity index (χ3n) is 2.73. The van der Waals surface area contributed by atoms with Crippen molar-refractivity contribution in [1.29, 1.82) is 0 Å². The molecule has 0 aliphatic heterocycles. The van der Waals surface area contributed by atoms with Crippen LogP contribution in [0.25, 0.3) is 0 Å². The van der Waals surface area contributed by atoms with Gasteiger partial charge in [-0.1, -0.05) is 35.5 Å². The Hall–Kier alpha value is -1.89. The van der Waals surface area contributed by atoms with Crippen molar-refractivity contribution in [1.82, 2.24) is 0 Å². The summed E-state index contributed by atoms with van der Waals surface area (Å²) in [7, 11) is 0. The van der Waals surface area contributed by atoms with Crippen LogP contribution in [0.15, 0.2) is 53.7 Å². The summed E-state index contributed by atoms with van der Waals surface area (Å²) in [6.45, 7) is 1.83. The van der Waals surface area contributed by atoms with E-state index in [2.05, 4.69) is 33.1 Å². The Labute approximate surface area is 137 Å². The number of amides is 1. The van der Waals surface area contributed by atoms with Crippen molar-refractivity contribution < 1.29 is 9.63 Å². The van der Waals surface area contributed by atoms with Crippen molar-refractivity contribution in [2.75, 3.05) is 11.9 Å². The summed E-state index contributed by atoms with van der Waals surface area (Å²) in [6.07, 6.45) is 1.57. The van der Waals surface area contributed by atoms with Gasteiger partial charge in [0.25, 0.3) is 5.91 Å². The number of rotatable bonds is 5. The number of benzene rings is 2. The molecule has 2 aromatic carbocycles. The Morgan fingerprint density at radius 1 is 1.29 bits per heavy atom. The molecule has 0 aliphatic rings. The molecule has 1 N–H and O–H groups in total. The molecule has 2 rings (SSSR count). The molecular formula is C16H15IN2O2. The maximum Gasteiger partial charge on any atom is 0.265 e. The van der Waals surface area contributed by atoms with E-state index in [0.717, 1.165) is 20.4 Å². The first kappa shape index (κ1) is 15.5. The molecule has 0 aromatic heterocycles. The molecule has 0 heterocycles. The standard InChI is InChI=1S/C16H15IN2O2/c1-12-9-14(17)7-8-15(12)19-16(20)11-21-18-10-13-5-3-2-4-6-13/h2-10H,11H2,1H3,(H,19,20)/b18-10-. The molecule has 21 heavy (non-hydrogen) atoms. The Balaban J connectivity index is 1.81. The Morgan fingerprint density at radius 3 is 2.76 bits per heavy atom. The van der Waals surface area contributed by atoms with Gasteiger partial charge in [-0.05, 0) is 58.8 Å². The molecular weight excluding hydrogens is 379 g/mol. The highest BCUT2D eigenvalue weighted by molar-refractivity contribution is 14.1. The first-order valence-electron chi connectivity index (χ1n) is 6.41. The van der Waals surface area contributed by atoms with Crippen LogP contribution < -0.4 is 5.32 Å². The third kappa shape index (κ3) is 5.18. The smallest absolute Gasteiger partial charge is 0.265 e. The first-order chi connectivity index (χ1) is 10.1. The first-order valence-corrected chi connectivity index (χ1v) is 7.49. The summed E-state index contributed by atoms with van der Waals surface area (Å²) in [4.78, 5) is 16.7. The van der Waals surface area contributed by atoms with Crippen LogP contribution in [-0.4, -0.2) is 18.7 Å². The zero-order valence-corrected chi connectivity index (χ0v) is 13.7. The van der Waals surface area contributed by atoms with Gasteiger partial charge in [0, 0.05) is 9.26 Å². The Bertz CT molecular complexity index is 642. The molecule has 0 fully saturated rings. The molecule has 1 amide bonds. The van der Waals surface area contributed by atoms with Crippen molar-refractivity contribution in [2.45, 2.75) is 6.92 Å². The minimum Gasteiger partial charge on any atom is -0.386 e. The van der Waals surface area contributed by atoms with Crippen molar-refractivity contribution in [3.05, 3.63) is 63.2 Å². The van der Waals surface area contributed by atoms with E-state index >= 15 is 0 Å². The maximum atomic E-state index is 11.7. The van der Waals surface area contributed by atoms with E-state index in [0.29, 0.717) is 0 Å². The van der Waals surface area contributed by atoms with Crippen molar-refractivity contribution >= 4 is 40.4 Å². The zero-order chi connectivity index (χ0) is 15.1. The van der Waals surface area contributed by atoms with Gasteiger partial charge in [-0.2, -0.15) is 0 Å². The van der Waals surface area contributed by atoms with Crippen LogP contribution in [0.2, 0.25) is 0 Å². The summed E-state index contributed by atoms with van der Waals surface area (Å²) in [5.74, 6) is -0.232. The second-order valence-corrected chi connectivity index (χ2v) is 5.67. The number of halogens is 1. The minimum absolute atomic E-state index is 0.116. The van der Waals surface area contributed by atoms with Gasteiger partial charge in [0.2, 0.25) is 0 Å². The van der Waals surface area contributed by atoms with E-state index in [9.17, 15) is 4.79 Å². The lowest BCUT2D eigenvalue weighted by Crippen LogP contribution is -2.17. The fraction of sp³-hybridized carbons (Fsp3) is 0.125. The van der Waals surface area contributed by atoms with Crippen LogP contribution in [0.3, 0.4) is 0 Å². The lowest BCUT2D eigenvalue weighted by Gasteiger charge is -2.07. The van der Waals surface area contributed by atoms with Crippen LogP contribution in [-0.2, 0) is 9.63 Å². The molecule has 0 unspecified atom stereocenters. The molecule has 0 saturated heterocycles. The van der Waals surface area contributed by atoms with Gasteiger partial charge in [-0.3, -0.25) is 4.79 Å². The molecule has 0 bridgehead atoms. The molecule has 5 heteroatoms. The number of anilines is 1. The average molecular weight is 394 g/mol. The van der Waals surface area contributed by atoms with Gasteiger partial charge in [0.15, 0.2) is 6.61 Å². The van der Waals surface area contributed by atoms with Gasteiger partial charge in [-0.25, -0.2) is 0 Å². The number of oxime groups is 1. The monoisotopic (exact) mass is 394 g/mol. The Kier molecular flexibility index (Phi) is 5.74. The largest absolute Gasteiger partial charge is 0.386 e. The fourth-order valence-corrected chi connectivity index (χ4v) is 2.33. The summed E-state index contributed by atoms with van der Waals surface area (Å²) >= 11 is 2.23. The third-order valence-corrected chi connectivity index (χ3v) is 3.41. The summed E-state index contributed by atoms with van der Waals surface area (Å²) < 4.78 is 1.13. The average Bonchev–Trinajstić information content (AvgIpc) is 2.48. The van der Waals surface area contributed by atoms with E-state index in [4.69, 9.17) is 4.84 Å². The number of carbonyl (C=O) groups is 1. The van der Waals surface area contributed by atoms with Crippen LogP contribution >= 0.6 is 22.6 Å². The number of hydrogen-bond acceptors (Lipinski definition) is 3. The van der Waals surface area contributed by atoms with Gasteiger partial charge in [-0.15, -0.1) is 0 Å². The maximum absolute atomic E-state index is 11.7. The fourth-order valence-electron chi connectivity index (χ4n) is 1.69. The molecule has 4 nitrogen and oxygen atoms in total. The highest BCUT2D eigenvalue weighted by atomic mass is 127. The molecule has 0 spiro atoms. The number of hydrogen-bond donors (Lipinski definition) is 1. The van der Waals surface area contributed by atoms with Crippen LogP contribution in [0.5, 0.6) is 0 Å². The van der Waals surface area contributed by atoms with Gasteiger partial charge < -0.3 is 10.2 Å². The Morgan fingerprint density at radius 2 is 2.05 bits per heavy atom. The molecule has 0 saturated carbocycles.